The minimum atomic E-state index is -0.874. The average molecular weight is 659 g/mol. The normalized spacial score (nSPS) is 18.2. The number of carbonyl (C=O) groups excluding carboxylic acids is 3. The molecule has 4 amide bonds. The Kier molecular flexibility index (Phi) is 8.62. The van der Waals surface area contributed by atoms with Gasteiger partial charge in [0.2, 0.25) is 11.8 Å². The number of urea groups is 1. The molecule has 7 rings (SSSR count). The number of fused-ring (bicyclic) bond motifs is 2. The molecule has 0 aliphatic carbocycles. The number of hydrogen-bond donors (Lipinski definition) is 4. The first-order valence-corrected chi connectivity index (χ1v) is 16.2. The van der Waals surface area contributed by atoms with Crippen molar-refractivity contribution in [2.45, 2.75) is 38.1 Å². The van der Waals surface area contributed by atoms with Crippen LogP contribution >= 0.6 is 0 Å². The maximum atomic E-state index is 14.5. The highest BCUT2D eigenvalue weighted by atomic mass is 16.3. The van der Waals surface area contributed by atoms with E-state index in [4.69, 9.17) is 5.73 Å². The van der Waals surface area contributed by atoms with Crippen molar-refractivity contribution in [2.75, 3.05) is 25.9 Å². The Balaban J connectivity index is 1.23. The van der Waals surface area contributed by atoms with Crippen molar-refractivity contribution < 1.29 is 19.5 Å². The predicted octanol–water partition coefficient (Wildman–Crippen LogP) is 3.62. The lowest BCUT2D eigenvalue weighted by molar-refractivity contribution is -0.187. The van der Waals surface area contributed by atoms with Crippen molar-refractivity contribution in [3.8, 4) is 5.75 Å². The van der Waals surface area contributed by atoms with E-state index in [0.717, 1.165) is 38.9 Å². The number of aromatic amines is 1. The summed E-state index contributed by atoms with van der Waals surface area (Å²) in [7, 11) is 1.71. The van der Waals surface area contributed by atoms with Gasteiger partial charge in [-0.25, -0.2) is 14.8 Å². The van der Waals surface area contributed by atoms with Gasteiger partial charge in [0.25, 0.3) is 0 Å². The SMILES string of the molecule is CN1CC(=O)N2[C@@H](Cc3ccc(O)cc3)C(=O)N(Cc3cccc4n[nH]c(Cc5ccccc5N)c34)C[C@@H]2N1C(=O)NCc1ccccc1. The van der Waals surface area contributed by atoms with E-state index in [0.29, 0.717) is 18.7 Å². The number of nitrogens with zero attached hydrogens (tertiary/aromatic N) is 5. The van der Waals surface area contributed by atoms with E-state index < -0.39 is 12.2 Å². The number of phenolic OH excluding ortho intramolecular Hbond substituents is 1. The summed E-state index contributed by atoms with van der Waals surface area (Å²) < 4.78 is 0. The van der Waals surface area contributed by atoms with Crippen LogP contribution in [0.4, 0.5) is 10.5 Å². The molecule has 0 unspecified atom stereocenters. The van der Waals surface area contributed by atoms with Gasteiger partial charge < -0.3 is 26.0 Å². The molecule has 3 heterocycles. The largest absolute Gasteiger partial charge is 0.508 e. The third kappa shape index (κ3) is 6.38. The maximum absolute atomic E-state index is 14.5. The fraction of sp³-hybridized carbons (Fsp3) is 0.243. The van der Waals surface area contributed by atoms with Crippen LogP contribution in [0.5, 0.6) is 5.75 Å². The number of H-pyrrole nitrogens is 1. The van der Waals surface area contributed by atoms with Gasteiger partial charge in [-0.2, -0.15) is 5.10 Å². The molecule has 0 bridgehead atoms. The molecule has 5 N–H and O–H groups in total. The molecule has 5 aromatic rings. The lowest BCUT2D eigenvalue weighted by Gasteiger charge is -2.54. The first-order chi connectivity index (χ1) is 23.8. The van der Waals surface area contributed by atoms with Crippen molar-refractivity contribution in [3.05, 3.63) is 125 Å². The maximum Gasteiger partial charge on any atom is 0.334 e. The van der Waals surface area contributed by atoms with E-state index in [1.165, 1.54) is 0 Å². The number of nitrogens with one attached hydrogen (secondary N) is 2. The van der Waals surface area contributed by atoms with Crippen LogP contribution in [0.1, 0.15) is 27.9 Å². The number of phenols is 1. The lowest BCUT2D eigenvalue weighted by atomic mass is 9.97. The molecule has 2 aliphatic rings. The summed E-state index contributed by atoms with van der Waals surface area (Å²) in [6.07, 6.45) is -0.00740. The smallest absolute Gasteiger partial charge is 0.334 e. The van der Waals surface area contributed by atoms with Crippen molar-refractivity contribution in [1.82, 2.24) is 35.3 Å². The van der Waals surface area contributed by atoms with Crippen LogP contribution in [-0.2, 0) is 35.5 Å². The van der Waals surface area contributed by atoms with E-state index in [2.05, 4.69) is 15.5 Å². The molecule has 4 aromatic carbocycles. The number of benzene rings is 4. The van der Waals surface area contributed by atoms with Crippen molar-refractivity contribution in [3.63, 3.8) is 0 Å². The molecule has 0 spiro atoms. The van der Waals surface area contributed by atoms with Gasteiger partial charge in [-0.15, -0.1) is 0 Å². The predicted molar refractivity (Wildman–Crippen MR) is 185 cm³/mol. The zero-order valence-corrected chi connectivity index (χ0v) is 27.1. The molecular weight excluding hydrogens is 620 g/mol. The van der Waals surface area contributed by atoms with E-state index in [1.807, 2.05) is 72.8 Å². The Morgan fingerprint density at radius 3 is 2.45 bits per heavy atom. The highest BCUT2D eigenvalue weighted by Gasteiger charge is 2.50. The second kappa shape index (κ2) is 13.3. The number of hydrogen-bond acceptors (Lipinski definition) is 7. The number of carbonyl (C=O) groups is 3. The number of anilines is 1. The average Bonchev–Trinajstić information content (AvgIpc) is 3.51. The Bertz CT molecular complexity index is 2000. The fourth-order valence-electron chi connectivity index (χ4n) is 6.92. The van der Waals surface area contributed by atoms with Gasteiger partial charge in [-0.05, 0) is 46.5 Å². The van der Waals surface area contributed by atoms with Crippen LogP contribution in [0, 0.1) is 0 Å². The van der Waals surface area contributed by atoms with Gasteiger partial charge >= 0.3 is 6.03 Å². The van der Waals surface area contributed by atoms with Gasteiger partial charge in [0, 0.05) is 49.7 Å². The summed E-state index contributed by atoms with van der Waals surface area (Å²) in [5, 5.41) is 24.7. The van der Waals surface area contributed by atoms with Crippen LogP contribution < -0.4 is 11.1 Å². The van der Waals surface area contributed by atoms with Crippen molar-refractivity contribution in [1.29, 1.82) is 0 Å². The van der Waals surface area contributed by atoms with Gasteiger partial charge in [0.15, 0.2) is 0 Å². The van der Waals surface area contributed by atoms with Gasteiger partial charge in [0.1, 0.15) is 18.0 Å². The number of amides is 4. The molecule has 2 fully saturated rings. The lowest BCUT2D eigenvalue weighted by Crippen LogP contribution is -2.76. The molecule has 0 radical (unpaired) electrons. The van der Waals surface area contributed by atoms with E-state index in [9.17, 15) is 19.5 Å². The third-order valence-corrected chi connectivity index (χ3v) is 9.32. The number of piperazine rings is 1. The molecular formula is C37H38N8O4. The Labute approximate surface area is 283 Å². The standard InChI is InChI=1S/C37H38N8O4/c1-42-23-34(47)44-32(18-24-14-16-28(46)17-15-24)36(48)43(22-33(44)45(42)37(49)39-20-25-8-3-2-4-9-25)21-27-11-7-13-30-35(27)31(41-40-30)19-26-10-5-6-12-29(26)38/h2-17,32-33,46H,18-23,38H2,1H3,(H,39,49)(H,40,41)/t32-,33-/m0/s1. The zero-order chi connectivity index (χ0) is 34.1. The molecule has 12 nitrogen and oxygen atoms in total. The second-order valence-corrected chi connectivity index (χ2v) is 12.6. The van der Waals surface area contributed by atoms with Crippen LogP contribution in [0.2, 0.25) is 0 Å². The molecule has 12 heteroatoms. The van der Waals surface area contributed by atoms with Gasteiger partial charge in [-0.3, -0.25) is 14.7 Å². The van der Waals surface area contributed by atoms with E-state index in [1.54, 1.807) is 51.1 Å². The van der Waals surface area contributed by atoms with E-state index >= 15 is 0 Å². The number of aromatic nitrogens is 2. The number of para-hydroxylation sites is 1. The summed E-state index contributed by atoms with van der Waals surface area (Å²) in [5.74, 6) is -0.353. The minimum absolute atomic E-state index is 0.0606. The second-order valence-electron chi connectivity index (χ2n) is 12.6. The summed E-state index contributed by atoms with van der Waals surface area (Å²) in [5.41, 5.74) is 12.2. The first-order valence-electron chi connectivity index (χ1n) is 16.2. The summed E-state index contributed by atoms with van der Waals surface area (Å²) in [6.45, 7) is 0.589. The fourth-order valence-corrected chi connectivity index (χ4v) is 6.92. The molecule has 1 aromatic heterocycles. The Morgan fingerprint density at radius 1 is 0.939 bits per heavy atom. The molecule has 2 aliphatic heterocycles. The summed E-state index contributed by atoms with van der Waals surface area (Å²) in [4.78, 5) is 45.4. The van der Waals surface area contributed by atoms with Crippen LogP contribution in [0.3, 0.4) is 0 Å². The number of nitrogen functional groups attached to an aromatic ring is 1. The Morgan fingerprint density at radius 2 is 1.67 bits per heavy atom. The quantitative estimate of drug-likeness (QED) is 0.186. The zero-order valence-electron chi connectivity index (χ0n) is 27.1. The number of hydrazine groups is 1. The number of rotatable bonds is 8. The number of likely N-dealkylation sites (N-methyl/N-ethyl adjacent to an activating group) is 1. The number of nitrogens with two attached hydrogens (primary N) is 1. The molecule has 0 saturated carbocycles. The first kappa shape index (κ1) is 31.7. The highest BCUT2D eigenvalue weighted by Crippen LogP contribution is 2.31. The van der Waals surface area contributed by atoms with Crippen LogP contribution in [0.15, 0.2) is 97.1 Å². The highest BCUT2D eigenvalue weighted by molar-refractivity contribution is 5.92. The monoisotopic (exact) mass is 658 g/mol. The molecule has 2 saturated heterocycles. The van der Waals surface area contributed by atoms with Crippen LogP contribution in [-0.4, -0.2) is 85.3 Å². The van der Waals surface area contributed by atoms with Crippen LogP contribution in [0.25, 0.3) is 10.9 Å². The summed E-state index contributed by atoms with van der Waals surface area (Å²) >= 11 is 0. The Hall–Kier alpha value is -5.88. The summed E-state index contributed by atoms with van der Waals surface area (Å²) in [6, 6.07) is 28.5. The number of aromatic hydroxyl groups is 1. The topological polar surface area (TPSA) is 151 Å². The van der Waals surface area contributed by atoms with Gasteiger partial charge in [-0.1, -0.05) is 72.8 Å². The molecule has 49 heavy (non-hydrogen) atoms. The molecule has 2 atom stereocenters. The minimum Gasteiger partial charge on any atom is -0.508 e. The van der Waals surface area contributed by atoms with Gasteiger partial charge in [0.05, 0.1) is 18.6 Å². The molecule has 250 valence electrons. The van der Waals surface area contributed by atoms with E-state index in [-0.39, 0.29) is 49.7 Å². The third-order valence-electron chi connectivity index (χ3n) is 9.32. The van der Waals surface area contributed by atoms with Crippen molar-refractivity contribution in [2.24, 2.45) is 0 Å². The van der Waals surface area contributed by atoms with Crippen molar-refractivity contribution >= 4 is 34.4 Å².